The van der Waals surface area contributed by atoms with Crippen LogP contribution in [0.25, 0.3) is 11.1 Å². The minimum Gasteiger partial charge on any atom is -0.462 e. The molecule has 0 aliphatic carbocycles. The number of anilines is 2. The molecule has 0 aliphatic rings. The van der Waals surface area contributed by atoms with E-state index in [9.17, 15) is 13.6 Å². The van der Waals surface area contributed by atoms with Crippen molar-refractivity contribution >= 4 is 28.6 Å². The van der Waals surface area contributed by atoms with Crippen molar-refractivity contribution in [1.82, 2.24) is 0 Å². The highest BCUT2D eigenvalue weighted by Crippen LogP contribution is 2.37. The highest BCUT2D eigenvalue weighted by molar-refractivity contribution is 7.80. The number of benzene rings is 2. The van der Waals surface area contributed by atoms with Crippen molar-refractivity contribution in [3.8, 4) is 11.1 Å². The molecule has 0 fully saturated rings. The van der Waals surface area contributed by atoms with Crippen LogP contribution in [0, 0.1) is 0 Å². The zero-order valence-corrected chi connectivity index (χ0v) is 17.2. The largest absolute Gasteiger partial charge is 0.462 e. The SMILES string of the molecule is CCCCNc1cc(C(=O)OCCCC)cc(NS(=O)O)c1-c1ccccc1. The molecule has 0 aliphatic heterocycles. The lowest BCUT2D eigenvalue weighted by molar-refractivity contribution is 0.0500. The Bertz CT molecular complexity index is 796. The van der Waals surface area contributed by atoms with Crippen molar-refractivity contribution in [1.29, 1.82) is 0 Å². The van der Waals surface area contributed by atoms with Gasteiger partial charge in [-0.15, -0.1) is 0 Å². The van der Waals surface area contributed by atoms with Crippen LogP contribution in [0.5, 0.6) is 0 Å². The molecule has 152 valence electrons. The molecule has 7 heteroatoms. The number of rotatable bonds is 11. The summed E-state index contributed by atoms with van der Waals surface area (Å²) in [5, 5.41) is 3.36. The van der Waals surface area contributed by atoms with Crippen molar-refractivity contribution in [2.75, 3.05) is 23.2 Å². The first kappa shape index (κ1) is 21.9. The number of hydrogen-bond acceptors (Lipinski definition) is 4. The Labute approximate surface area is 169 Å². The molecule has 28 heavy (non-hydrogen) atoms. The van der Waals surface area contributed by atoms with Crippen LogP contribution in [-0.4, -0.2) is 27.9 Å². The first-order valence-corrected chi connectivity index (χ1v) is 10.7. The standard InChI is InChI=1S/C21H28N2O4S/c1-3-5-12-22-18-14-17(21(24)27-13-6-4-2)15-19(23-28(25)26)20(18)16-10-8-7-9-11-16/h7-11,14-15,22-23H,3-6,12-13H2,1-2H3,(H,25,26). The van der Waals surface area contributed by atoms with Crippen LogP contribution in [0.4, 0.5) is 11.4 Å². The van der Waals surface area contributed by atoms with Crippen LogP contribution in [0.2, 0.25) is 0 Å². The van der Waals surface area contributed by atoms with E-state index in [4.69, 9.17) is 4.74 Å². The number of carbonyl (C=O) groups is 1. The first-order chi connectivity index (χ1) is 13.6. The lowest BCUT2D eigenvalue weighted by Crippen LogP contribution is -2.12. The van der Waals surface area contributed by atoms with Gasteiger partial charge in [-0.1, -0.05) is 57.0 Å². The fraction of sp³-hybridized carbons (Fsp3) is 0.381. The van der Waals surface area contributed by atoms with Gasteiger partial charge < -0.3 is 10.1 Å². The molecule has 1 unspecified atom stereocenters. The average Bonchev–Trinajstić information content (AvgIpc) is 2.68. The van der Waals surface area contributed by atoms with Gasteiger partial charge in [-0.25, -0.2) is 9.00 Å². The molecule has 0 spiro atoms. The van der Waals surface area contributed by atoms with Crippen LogP contribution in [0.15, 0.2) is 42.5 Å². The third-order valence-corrected chi connectivity index (χ3v) is 4.61. The van der Waals surface area contributed by atoms with E-state index < -0.39 is 17.2 Å². The highest BCUT2D eigenvalue weighted by Gasteiger charge is 2.18. The van der Waals surface area contributed by atoms with Gasteiger partial charge in [0.15, 0.2) is 0 Å². The number of hydrogen-bond donors (Lipinski definition) is 3. The van der Waals surface area contributed by atoms with Crippen molar-refractivity contribution in [2.24, 2.45) is 0 Å². The van der Waals surface area contributed by atoms with Gasteiger partial charge in [0.1, 0.15) is 0 Å². The summed E-state index contributed by atoms with van der Waals surface area (Å²) in [4.78, 5) is 12.5. The molecule has 2 rings (SSSR count). The van der Waals surface area contributed by atoms with Crippen molar-refractivity contribution in [2.45, 2.75) is 39.5 Å². The predicted octanol–water partition coefficient (Wildman–Crippen LogP) is 5.07. The zero-order valence-electron chi connectivity index (χ0n) is 16.4. The topological polar surface area (TPSA) is 87.7 Å². The smallest absolute Gasteiger partial charge is 0.338 e. The Balaban J connectivity index is 2.50. The number of ether oxygens (including phenoxy) is 1. The molecule has 0 heterocycles. The highest BCUT2D eigenvalue weighted by atomic mass is 32.2. The minimum atomic E-state index is -2.27. The summed E-state index contributed by atoms with van der Waals surface area (Å²) in [7, 11) is 0. The van der Waals surface area contributed by atoms with E-state index in [0.717, 1.165) is 49.0 Å². The van der Waals surface area contributed by atoms with Crippen molar-refractivity contribution in [3.63, 3.8) is 0 Å². The molecule has 0 saturated carbocycles. The summed E-state index contributed by atoms with van der Waals surface area (Å²) in [5.74, 6) is -0.446. The Hall–Kier alpha value is -2.38. The second-order valence-corrected chi connectivity index (χ2v) is 7.14. The van der Waals surface area contributed by atoms with E-state index in [-0.39, 0.29) is 0 Å². The van der Waals surface area contributed by atoms with Crippen LogP contribution in [0.1, 0.15) is 49.9 Å². The molecule has 2 aromatic carbocycles. The summed E-state index contributed by atoms with van der Waals surface area (Å²) in [5.41, 5.74) is 3.07. The lowest BCUT2D eigenvalue weighted by Gasteiger charge is -2.18. The van der Waals surface area contributed by atoms with E-state index in [0.29, 0.717) is 17.9 Å². The molecule has 0 aromatic heterocycles. The number of unbranched alkanes of at least 4 members (excludes halogenated alkanes) is 2. The fourth-order valence-corrected chi connectivity index (χ4v) is 3.13. The summed E-state index contributed by atoms with van der Waals surface area (Å²) in [6, 6.07) is 12.9. The van der Waals surface area contributed by atoms with Gasteiger partial charge in [-0.05, 0) is 30.5 Å². The second kappa shape index (κ2) is 11.5. The lowest BCUT2D eigenvalue weighted by atomic mass is 9.99. The summed E-state index contributed by atoms with van der Waals surface area (Å²) >= 11 is -2.27. The molecule has 6 nitrogen and oxygen atoms in total. The van der Waals surface area contributed by atoms with E-state index >= 15 is 0 Å². The molecule has 1 atom stereocenters. The van der Waals surface area contributed by atoms with Gasteiger partial charge in [-0.3, -0.25) is 9.27 Å². The molecule has 0 bridgehead atoms. The molecular weight excluding hydrogens is 376 g/mol. The quantitative estimate of drug-likeness (QED) is 0.276. The number of esters is 1. The van der Waals surface area contributed by atoms with E-state index in [2.05, 4.69) is 17.0 Å². The Kier molecular flexibility index (Phi) is 8.97. The zero-order chi connectivity index (χ0) is 20.4. The normalized spacial score (nSPS) is 11.7. The third-order valence-electron chi connectivity index (χ3n) is 4.21. The van der Waals surface area contributed by atoms with Gasteiger partial charge in [-0.2, -0.15) is 0 Å². The van der Waals surface area contributed by atoms with Gasteiger partial charge >= 0.3 is 5.97 Å². The molecule has 3 N–H and O–H groups in total. The maximum atomic E-state index is 12.5. The average molecular weight is 405 g/mol. The Morgan fingerprint density at radius 2 is 1.75 bits per heavy atom. The number of carbonyl (C=O) groups excluding carboxylic acids is 1. The summed E-state index contributed by atoms with van der Waals surface area (Å²) < 4.78 is 28.8. The maximum absolute atomic E-state index is 12.5. The van der Waals surface area contributed by atoms with E-state index in [1.807, 2.05) is 37.3 Å². The monoisotopic (exact) mass is 404 g/mol. The van der Waals surface area contributed by atoms with Crippen molar-refractivity contribution in [3.05, 3.63) is 48.0 Å². The van der Waals surface area contributed by atoms with Gasteiger partial charge in [0, 0.05) is 17.8 Å². The molecule has 0 saturated heterocycles. The maximum Gasteiger partial charge on any atom is 0.338 e. The second-order valence-electron chi connectivity index (χ2n) is 6.43. The predicted molar refractivity (Wildman–Crippen MR) is 115 cm³/mol. The van der Waals surface area contributed by atoms with E-state index in [1.54, 1.807) is 12.1 Å². The molecule has 0 radical (unpaired) electrons. The summed E-state index contributed by atoms with van der Waals surface area (Å²) in [6.45, 7) is 5.20. The van der Waals surface area contributed by atoms with Crippen LogP contribution < -0.4 is 10.0 Å². The molecule has 2 aromatic rings. The summed E-state index contributed by atoms with van der Waals surface area (Å²) in [6.07, 6.45) is 3.72. The van der Waals surface area contributed by atoms with E-state index in [1.165, 1.54) is 0 Å². The van der Waals surface area contributed by atoms with Crippen LogP contribution in [-0.2, 0) is 16.0 Å². The van der Waals surface area contributed by atoms with Crippen molar-refractivity contribution < 1.29 is 18.3 Å². The molecular formula is C21H28N2O4S. The third kappa shape index (κ3) is 6.35. The molecule has 0 amide bonds. The number of nitrogens with one attached hydrogen (secondary N) is 2. The first-order valence-electron chi connectivity index (χ1n) is 9.58. The Morgan fingerprint density at radius 3 is 2.39 bits per heavy atom. The van der Waals surface area contributed by atoms with Crippen LogP contribution >= 0.6 is 0 Å². The Morgan fingerprint density at radius 1 is 1.07 bits per heavy atom. The fourth-order valence-electron chi connectivity index (χ4n) is 2.78. The van der Waals surface area contributed by atoms with Gasteiger partial charge in [0.05, 0.1) is 17.9 Å². The van der Waals surface area contributed by atoms with Gasteiger partial charge in [0.2, 0.25) is 0 Å². The minimum absolute atomic E-state index is 0.336. The van der Waals surface area contributed by atoms with Crippen LogP contribution in [0.3, 0.4) is 0 Å². The van der Waals surface area contributed by atoms with Gasteiger partial charge in [0.25, 0.3) is 11.3 Å².